The molecule has 2 rings (SSSR count). The van der Waals surface area contributed by atoms with Crippen molar-refractivity contribution in [2.45, 2.75) is 33.3 Å². The first kappa shape index (κ1) is 21.5. The molecule has 1 unspecified atom stereocenters. The molecule has 8 heteroatoms. The third-order valence-electron chi connectivity index (χ3n) is 3.57. The molecule has 2 aromatic rings. The number of halogens is 1. The topological polar surface area (TPSA) is 86.8 Å². The number of nitrogens with one attached hydrogen (secondary N) is 1. The highest BCUT2D eigenvalue weighted by Gasteiger charge is 2.20. The summed E-state index contributed by atoms with van der Waals surface area (Å²) in [4.78, 5) is 28.6. The van der Waals surface area contributed by atoms with Gasteiger partial charge in [-0.25, -0.2) is 9.78 Å². The van der Waals surface area contributed by atoms with Crippen LogP contribution in [0.3, 0.4) is 0 Å². The first-order valence-corrected chi connectivity index (χ1v) is 9.35. The van der Waals surface area contributed by atoms with Gasteiger partial charge in [0.25, 0.3) is 5.91 Å². The number of hydrogen-bond donors (Lipinski definition) is 1. The summed E-state index contributed by atoms with van der Waals surface area (Å²) in [5.74, 6) is 0.173. The number of aromatic nitrogens is 1. The molecule has 0 radical (unpaired) electrons. The number of esters is 1. The molecule has 0 aliphatic heterocycles. The molecule has 0 spiro atoms. The minimum Gasteiger partial charge on any atom is -0.490 e. The zero-order valence-electron chi connectivity index (χ0n) is 16.0. The highest BCUT2D eigenvalue weighted by atomic mass is 35.5. The second-order valence-corrected chi connectivity index (χ2v) is 6.28. The lowest BCUT2D eigenvalue weighted by Crippen LogP contribution is -2.30. The van der Waals surface area contributed by atoms with Gasteiger partial charge in [0.05, 0.1) is 23.8 Å². The van der Waals surface area contributed by atoms with Crippen molar-refractivity contribution in [1.82, 2.24) is 4.98 Å². The van der Waals surface area contributed by atoms with Crippen LogP contribution in [0.5, 0.6) is 11.5 Å². The van der Waals surface area contributed by atoms with Gasteiger partial charge in [-0.3, -0.25) is 4.79 Å². The van der Waals surface area contributed by atoms with Gasteiger partial charge in [0.15, 0.2) is 17.6 Å². The highest BCUT2D eigenvalue weighted by Crippen LogP contribution is 2.29. The molecule has 0 fully saturated rings. The van der Waals surface area contributed by atoms with E-state index in [9.17, 15) is 9.59 Å². The van der Waals surface area contributed by atoms with Crippen LogP contribution in [0.2, 0.25) is 5.02 Å². The fraction of sp³-hybridized carbons (Fsp3) is 0.350. The molecule has 7 nitrogen and oxygen atoms in total. The lowest BCUT2D eigenvalue weighted by molar-refractivity contribution is -0.123. The van der Waals surface area contributed by atoms with E-state index in [-0.39, 0.29) is 5.56 Å². The molecule has 0 bridgehead atoms. The van der Waals surface area contributed by atoms with Crippen LogP contribution in [0.4, 0.5) is 5.82 Å². The van der Waals surface area contributed by atoms with Gasteiger partial charge in [-0.1, -0.05) is 18.5 Å². The Morgan fingerprint density at radius 1 is 1.14 bits per heavy atom. The molecule has 1 aromatic heterocycles. The molecule has 0 aliphatic rings. The van der Waals surface area contributed by atoms with Crippen molar-refractivity contribution in [3.8, 4) is 11.5 Å². The van der Waals surface area contributed by atoms with Crippen LogP contribution in [0.25, 0.3) is 0 Å². The van der Waals surface area contributed by atoms with Crippen molar-refractivity contribution >= 4 is 29.3 Å². The first-order valence-electron chi connectivity index (χ1n) is 8.97. The van der Waals surface area contributed by atoms with E-state index in [1.54, 1.807) is 30.3 Å². The van der Waals surface area contributed by atoms with Gasteiger partial charge < -0.3 is 19.5 Å². The minimum absolute atomic E-state index is 0.261. The number of rotatable bonds is 9. The Hall–Kier alpha value is -2.80. The Kier molecular flexibility index (Phi) is 8.07. The lowest BCUT2D eigenvalue weighted by atomic mass is 10.2. The third-order valence-corrected chi connectivity index (χ3v) is 3.80. The monoisotopic (exact) mass is 406 g/mol. The van der Waals surface area contributed by atoms with Crippen LogP contribution in [-0.2, 0) is 9.53 Å². The summed E-state index contributed by atoms with van der Waals surface area (Å²) >= 11 is 5.76. The summed E-state index contributed by atoms with van der Waals surface area (Å²) in [7, 11) is 0. The maximum atomic E-state index is 12.4. The van der Waals surface area contributed by atoms with Crippen molar-refractivity contribution in [3.63, 3.8) is 0 Å². The number of benzene rings is 1. The van der Waals surface area contributed by atoms with Gasteiger partial charge in [0, 0.05) is 6.20 Å². The Morgan fingerprint density at radius 2 is 1.93 bits per heavy atom. The van der Waals surface area contributed by atoms with Crippen LogP contribution in [0.15, 0.2) is 36.5 Å². The maximum absolute atomic E-state index is 12.4. The Labute approximate surface area is 169 Å². The molecule has 28 heavy (non-hydrogen) atoms. The molecule has 1 aromatic carbocycles. The van der Waals surface area contributed by atoms with E-state index in [4.69, 9.17) is 25.8 Å². The number of anilines is 1. The average molecular weight is 407 g/mol. The number of amides is 1. The zero-order chi connectivity index (χ0) is 20.5. The second-order valence-electron chi connectivity index (χ2n) is 5.84. The van der Waals surface area contributed by atoms with Crippen LogP contribution in [0.1, 0.15) is 37.6 Å². The molecule has 1 atom stereocenters. The molecule has 1 N–H and O–H groups in total. The smallest absolute Gasteiger partial charge is 0.339 e. The van der Waals surface area contributed by atoms with Crippen molar-refractivity contribution in [2.75, 3.05) is 18.5 Å². The number of pyridine rings is 1. The minimum atomic E-state index is -1.02. The summed E-state index contributed by atoms with van der Waals surface area (Å²) in [6, 6.07) is 7.92. The van der Waals surface area contributed by atoms with Gasteiger partial charge in [-0.2, -0.15) is 0 Å². The van der Waals surface area contributed by atoms with Crippen LogP contribution in [0, 0.1) is 0 Å². The molecule has 0 saturated carbocycles. The van der Waals surface area contributed by atoms with Crippen LogP contribution in [-0.4, -0.2) is 36.2 Å². The molecular weight excluding hydrogens is 384 g/mol. The second kappa shape index (κ2) is 10.5. The average Bonchev–Trinajstić information content (AvgIpc) is 2.68. The predicted molar refractivity (Wildman–Crippen MR) is 106 cm³/mol. The van der Waals surface area contributed by atoms with E-state index in [0.29, 0.717) is 35.6 Å². The summed E-state index contributed by atoms with van der Waals surface area (Å²) in [6.45, 7) is 6.28. The van der Waals surface area contributed by atoms with Crippen molar-refractivity contribution < 1.29 is 23.8 Å². The van der Waals surface area contributed by atoms with E-state index in [0.717, 1.165) is 6.42 Å². The third kappa shape index (κ3) is 6.13. The molecule has 1 amide bonds. The van der Waals surface area contributed by atoms with E-state index < -0.39 is 18.0 Å². The van der Waals surface area contributed by atoms with E-state index in [1.807, 2.05) is 13.8 Å². The predicted octanol–water partition coefficient (Wildman–Crippen LogP) is 4.11. The van der Waals surface area contributed by atoms with Gasteiger partial charge in [-0.05, 0) is 50.6 Å². The van der Waals surface area contributed by atoms with Crippen LogP contribution < -0.4 is 14.8 Å². The fourth-order valence-electron chi connectivity index (χ4n) is 2.19. The molecular formula is C20H23ClN2O5. The number of carbonyl (C=O) groups excluding carboxylic acids is 2. The van der Waals surface area contributed by atoms with Crippen molar-refractivity contribution in [2.24, 2.45) is 0 Å². The zero-order valence-corrected chi connectivity index (χ0v) is 16.8. The summed E-state index contributed by atoms with van der Waals surface area (Å²) in [5.41, 5.74) is 0.261. The van der Waals surface area contributed by atoms with Gasteiger partial charge in [0.1, 0.15) is 5.82 Å². The standard InChI is InChI=1S/C20H23ClN2O5/c1-4-10-27-16-8-6-14(11-17(16)26-5-2)20(25)28-13(3)19(24)23-18-9-7-15(21)12-22-18/h6-9,11-13H,4-5,10H2,1-3H3,(H,22,23,24). The summed E-state index contributed by atoms with van der Waals surface area (Å²) < 4.78 is 16.4. The highest BCUT2D eigenvalue weighted by molar-refractivity contribution is 6.30. The van der Waals surface area contributed by atoms with Crippen LogP contribution >= 0.6 is 11.6 Å². The summed E-state index contributed by atoms with van der Waals surface area (Å²) in [6.07, 6.45) is 1.24. The largest absolute Gasteiger partial charge is 0.490 e. The van der Waals surface area contributed by atoms with Gasteiger partial charge in [-0.15, -0.1) is 0 Å². The number of ether oxygens (including phenoxy) is 3. The molecule has 1 heterocycles. The fourth-order valence-corrected chi connectivity index (χ4v) is 2.31. The van der Waals surface area contributed by atoms with Gasteiger partial charge >= 0.3 is 5.97 Å². The molecule has 0 saturated heterocycles. The van der Waals surface area contributed by atoms with E-state index in [1.165, 1.54) is 13.1 Å². The maximum Gasteiger partial charge on any atom is 0.339 e. The normalized spacial score (nSPS) is 11.4. The summed E-state index contributed by atoms with van der Waals surface area (Å²) in [5, 5.41) is 3.01. The Balaban J connectivity index is 2.02. The SMILES string of the molecule is CCCOc1ccc(C(=O)OC(C)C(=O)Nc2ccc(Cl)cn2)cc1OCC. The van der Waals surface area contributed by atoms with Crippen molar-refractivity contribution in [3.05, 3.63) is 47.1 Å². The first-order chi connectivity index (χ1) is 13.4. The van der Waals surface area contributed by atoms with E-state index in [2.05, 4.69) is 10.3 Å². The molecule has 150 valence electrons. The quantitative estimate of drug-likeness (QED) is 0.630. The van der Waals surface area contributed by atoms with E-state index >= 15 is 0 Å². The number of nitrogens with zero attached hydrogens (tertiary/aromatic N) is 1. The lowest BCUT2D eigenvalue weighted by Gasteiger charge is -2.15. The number of carbonyl (C=O) groups is 2. The van der Waals surface area contributed by atoms with Crippen molar-refractivity contribution in [1.29, 1.82) is 0 Å². The number of hydrogen-bond acceptors (Lipinski definition) is 6. The Bertz CT molecular complexity index is 811. The Morgan fingerprint density at radius 3 is 2.57 bits per heavy atom. The van der Waals surface area contributed by atoms with Gasteiger partial charge in [0.2, 0.25) is 0 Å². The molecule has 0 aliphatic carbocycles.